The Morgan fingerprint density at radius 1 is 1.62 bits per heavy atom. The van der Waals surface area contributed by atoms with Gasteiger partial charge in [0.05, 0.1) is 0 Å². The van der Waals surface area contributed by atoms with Crippen molar-refractivity contribution in [1.82, 2.24) is 10.2 Å². The summed E-state index contributed by atoms with van der Waals surface area (Å²) in [5.74, 6) is 0. The van der Waals surface area contributed by atoms with Crippen molar-refractivity contribution in [3.8, 4) is 0 Å². The minimum Gasteiger partial charge on any atom is -0.309 e. The molecule has 3 heteroatoms. The van der Waals surface area contributed by atoms with Crippen molar-refractivity contribution in [3.05, 3.63) is 0 Å². The van der Waals surface area contributed by atoms with Gasteiger partial charge in [-0.3, -0.25) is 0 Å². The van der Waals surface area contributed by atoms with Gasteiger partial charge < -0.3 is 10.2 Å². The lowest BCUT2D eigenvalue weighted by atomic mass is 10.0. The molecule has 0 amide bonds. The van der Waals surface area contributed by atoms with Gasteiger partial charge in [-0.05, 0) is 33.4 Å². The molecule has 2 nitrogen and oxygen atoms in total. The summed E-state index contributed by atoms with van der Waals surface area (Å²) in [4.78, 5) is 2.06. The molecule has 1 aliphatic rings. The first kappa shape index (κ1) is 10.9. The van der Waals surface area contributed by atoms with Gasteiger partial charge >= 0.3 is 0 Å². The quantitative estimate of drug-likeness (QED) is 0.720. The van der Waals surface area contributed by atoms with E-state index in [1.165, 1.54) is 0 Å². The van der Waals surface area contributed by atoms with Crippen molar-refractivity contribution in [3.63, 3.8) is 0 Å². The number of rotatable bonds is 3. The van der Waals surface area contributed by atoms with Crippen molar-refractivity contribution in [2.45, 2.75) is 44.9 Å². The van der Waals surface area contributed by atoms with Crippen LogP contribution in [0.4, 0.5) is 4.39 Å². The Labute approximate surface area is 80.5 Å². The Bertz CT molecular complexity index is 152. The number of nitrogens with one attached hydrogen (secondary N) is 1. The first-order valence-corrected chi connectivity index (χ1v) is 5.22. The van der Waals surface area contributed by atoms with Crippen LogP contribution in [0.15, 0.2) is 0 Å². The third-order valence-corrected chi connectivity index (χ3v) is 2.86. The molecule has 1 fully saturated rings. The molecule has 1 aliphatic heterocycles. The van der Waals surface area contributed by atoms with Crippen LogP contribution >= 0.6 is 0 Å². The van der Waals surface area contributed by atoms with Gasteiger partial charge in [0.15, 0.2) is 0 Å². The van der Waals surface area contributed by atoms with Gasteiger partial charge in [-0.1, -0.05) is 6.92 Å². The zero-order valence-corrected chi connectivity index (χ0v) is 8.89. The number of hydrogen-bond acceptors (Lipinski definition) is 2. The summed E-state index contributed by atoms with van der Waals surface area (Å²) < 4.78 is 13.5. The Morgan fingerprint density at radius 3 is 2.85 bits per heavy atom. The Hall–Kier alpha value is -0.150. The van der Waals surface area contributed by atoms with E-state index in [4.69, 9.17) is 0 Å². The molecular weight excluding hydrogens is 167 g/mol. The molecule has 0 aromatic rings. The molecule has 3 unspecified atom stereocenters. The predicted octanol–water partition coefficient (Wildman–Crippen LogP) is 1.42. The molecule has 0 aromatic heterocycles. The van der Waals surface area contributed by atoms with E-state index in [0.29, 0.717) is 12.6 Å². The number of hydrogen-bond donors (Lipinski definition) is 1. The largest absolute Gasteiger partial charge is 0.309 e. The van der Waals surface area contributed by atoms with Crippen molar-refractivity contribution in [2.75, 3.05) is 20.1 Å². The molecule has 1 heterocycles. The van der Waals surface area contributed by atoms with E-state index in [0.717, 1.165) is 19.4 Å². The first-order valence-electron chi connectivity index (χ1n) is 5.22. The third-order valence-electron chi connectivity index (χ3n) is 2.86. The standard InChI is InChI=1S/C10H21FN2/c1-4-8(2)12-10-5-6-13(3)7-9(10)11/h8-10,12H,4-7H2,1-3H3. The second-order valence-corrected chi connectivity index (χ2v) is 4.15. The molecule has 1 rings (SSSR count). The first-order chi connectivity index (χ1) is 6.13. The maximum atomic E-state index is 13.5. The summed E-state index contributed by atoms with van der Waals surface area (Å²) in [5.41, 5.74) is 0. The second kappa shape index (κ2) is 4.91. The summed E-state index contributed by atoms with van der Waals surface area (Å²) in [6.45, 7) is 5.83. The minimum absolute atomic E-state index is 0.0751. The highest BCUT2D eigenvalue weighted by atomic mass is 19.1. The summed E-state index contributed by atoms with van der Waals surface area (Å²) in [6, 6.07) is 0.512. The molecule has 0 spiro atoms. The fraction of sp³-hybridized carbons (Fsp3) is 1.00. The third kappa shape index (κ3) is 3.24. The number of piperidine rings is 1. The van der Waals surface area contributed by atoms with E-state index in [1.807, 2.05) is 7.05 Å². The molecule has 0 radical (unpaired) electrons. The molecular formula is C10H21FN2. The average Bonchev–Trinajstić information content (AvgIpc) is 2.09. The maximum absolute atomic E-state index is 13.5. The van der Waals surface area contributed by atoms with E-state index in [1.54, 1.807) is 0 Å². The molecule has 0 bridgehead atoms. The van der Waals surface area contributed by atoms with Gasteiger partial charge in [-0.2, -0.15) is 0 Å². The minimum atomic E-state index is -0.701. The van der Waals surface area contributed by atoms with Crippen molar-refractivity contribution in [1.29, 1.82) is 0 Å². The van der Waals surface area contributed by atoms with Crippen LogP contribution in [0, 0.1) is 0 Å². The van der Waals surface area contributed by atoms with Crippen molar-refractivity contribution in [2.24, 2.45) is 0 Å². The monoisotopic (exact) mass is 188 g/mol. The molecule has 0 saturated carbocycles. The van der Waals surface area contributed by atoms with Gasteiger partial charge in [0, 0.05) is 18.6 Å². The van der Waals surface area contributed by atoms with Gasteiger partial charge in [0.1, 0.15) is 6.17 Å². The molecule has 0 aromatic carbocycles. The van der Waals surface area contributed by atoms with Crippen LogP contribution in [0.1, 0.15) is 26.7 Å². The topological polar surface area (TPSA) is 15.3 Å². The lowest BCUT2D eigenvalue weighted by Gasteiger charge is -2.34. The zero-order valence-electron chi connectivity index (χ0n) is 8.89. The van der Waals surface area contributed by atoms with E-state index in [9.17, 15) is 4.39 Å². The van der Waals surface area contributed by atoms with Gasteiger partial charge in [0.25, 0.3) is 0 Å². The maximum Gasteiger partial charge on any atom is 0.128 e. The van der Waals surface area contributed by atoms with Crippen LogP contribution < -0.4 is 5.32 Å². The number of halogens is 1. The van der Waals surface area contributed by atoms with Gasteiger partial charge in [0.2, 0.25) is 0 Å². The van der Waals surface area contributed by atoms with Crippen molar-refractivity contribution >= 4 is 0 Å². The Morgan fingerprint density at radius 2 is 2.31 bits per heavy atom. The van der Waals surface area contributed by atoms with Crippen LogP contribution in [0.2, 0.25) is 0 Å². The van der Waals surface area contributed by atoms with E-state index < -0.39 is 6.17 Å². The number of nitrogens with zero attached hydrogens (tertiary/aromatic N) is 1. The molecule has 78 valence electrons. The van der Waals surface area contributed by atoms with E-state index >= 15 is 0 Å². The average molecular weight is 188 g/mol. The highest BCUT2D eigenvalue weighted by Gasteiger charge is 2.27. The fourth-order valence-corrected chi connectivity index (χ4v) is 1.73. The van der Waals surface area contributed by atoms with Crippen LogP contribution in [0.25, 0.3) is 0 Å². The highest BCUT2D eigenvalue weighted by molar-refractivity contribution is 4.85. The second-order valence-electron chi connectivity index (χ2n) is 4.15. The van der Waals surface area contributed by atoms with E-state index in [2.05, 4.69) is 24.1 Å². The van der Waals surface area contributed by atoms with E-state index in [-0.39, 0.29) is 6.04 Å². The number of likely N-dealkylation sites (tertiary alicyclic amines) is 1. The summed E-state index contributed by atoms with van der Waals surface area (Å²) in [7, 11) is 1.98. The lowest BCUT2D eigenvalue weighted by Crippen LogP contribution is -2.51. The van der Waals surface area contributed by atoms with Gasteiger partial charge in [-0.25, -0.2) is 4.39 Å². The summed E-state index contributed by atoms with van der Waals surface area (Å²) >= 11 is 0. The predicted molar refractivity (Wildman–Crippen MR) is 53.7 cm³/mol. The molecule has 13 heavy (non-hydrogen) atoms. The summed E-state index contributed by atoms with van der Waals surface area (Å²) in [5, 5.41) is 3.34. The number of alkyl halides is 1. The SMILES string of the molecule is CCC(C)NC1CCN(C)CC1F. The van der Waals surface area contributed by atoms with Gasteiger partial charge in [-0.15, -0.1) is 0 Å². The smallest absolute Gasteiger partial charge is 0.128 e. The zero-order chi connectivity index (χ0) is 9.84. The lowest BCUT2D eigenvalue weighted by molar-refractivity contribution is 0.117. The molecule has 1 N–H and O–H groups in total. The normalized spacial score (nSPS) is 33.2. The van der Waals surface area contributed by atoms with Crippen molar-refractivity contribution < 1.29 is 4.39 Å². The molecule has 0 aliphatic carbocycles. The Kier molecular flexibility index (Phi) is 4.13. The van der Waals surface area contributed by atoms with Crippen LogP contribution in [-0.4, -0.2) is 43.3 Å². The van der Waals surface area contributed by atoms with Crippen LogP contribution in [0.3, 0.4) is 0 Å². The Balaban J connectivity index is 2.33. The highest BCUT2D eigenvalue weighted by Crippen LogP contribution is 2.13. The molecule has 3 atom stereocenters. The fourth-order valence-electron chi connectivity index (χ4n) is 1.73. The molecule has 1 saturated heterocycles. The van der Waals surface area contributed by atoms with Crippen LogP contribution in [0.5, 0.6) is 0 Å². The summed E-state index contributed by atoms with van der Waals surface area (Å²) in [6.07, 6.45) is 1.30. The van der Waals surface area contributed by atoms with Crippen LogP contribution in [-0.2, 0) is 0 Å².